The number of nitrogens with one attached hydrogen (secondary N) is 1. The first kappa shape index (κ1) is 18.6. The summed E-state index contributed by atoms with van der Waals surface area (Å²) < 4.78 is 10.6. The standard InChI is InChI=1S/C20H20N2O5/c1-13(2)17-5-3-4-6-18(17)21-19(23)8-7-14-9-16(22(24)25)10-15-11-26-12-27-20(14)15/h3-10,13H,11-12H2,1-2H3,(H,21,23). The van der Waals surface area contributed by atoms with Gasteiger partial charge in [-0.15, -0.1) is 0 Å². The summed E-state index contributed by atoms with van der Waals surface area (Å²) >= 11 is 0. The third-order valence-electron chi connectivity index (χ3n) is 4.19. The normalized spacial score (nSPS) is 13.3. The Morgan fingerprint density at radius 3 is 2.81 bits per heavy atom. The molecule has 0 aliphatic carbocycles. The molecule has 1 amide bonds. The number of amides is 1. The molecule has 1 heterocycles. The molecule has 0 spiro atoms. The van der Waals surface area contributed by atoms with E-state index in [9.17, 15) is 14.9 Å². The van der Waals surface area contributed by atoms with Crippen LogP contribution in [-0.2, 0) is 16.1 Å². The van der Waals surface area contributed by atoms with E-state index in [0.717, 1.165) is 11.3 Å². The molecule has 0 unspecified atom stereocenters. The highest BCUT2D eigenvalue weighted by Crippen LogP contribution is 2.33. The minimum atomic E-state index is -0.481. The zero-order chi connectivity index (χ0) is 19.4. The quantitative estimate of drug-likeness (QED) is 0.484. The molecule has 0 atom stereocenters. The highest BCUT2D eigenvalue weighted by Gasteiger charge is 2.20. The molecule has 1 aliphatic rings. The number of ether oxygens (including phenoxy) is 2. The zero-order valence-corrected chi connectivity index (χ0v) is 15.1. The number of carbonyl (C=O) groups is 1. The van der Waals surface area contributed by atoms with Crippen LogP contribution in [0.15, 0.2) is 42.5 Å². The van der Waals surface area contributed by atoms with Crippen molar-refractivity contribution in [3.8, 4) is 5.75 Å². The van der Waals surface area contributed by atoms with Crippen molar-refractivity contribution in [3.05, 3.63) is 69.3 Å². The number of nitro benzene ring substituents is 1. The predicted octanol–water partition coefficient (Wildman–Crippen LogP) is 4.24. The summed E-state index contributed by atoms with van der Waals surface area (Å²) in [5.74, 6) is 0.441. The first-order chi connectivity index (χ1) is 13.0. The van der Waals surface area contributed by atoms with Crippen LogP contribution < -0.4 is 10.1 Å². The lowest BCUT2D eigenvalue weighted by molar-refractivity contribution is -0.385. The number of para-hydroxylation sites is 1. The van der Waals surface area contributed by atoms with Crippen molar-refractivity contribution >= 4 is 23.4 Å². The molecule has 7 nitrogen and oxygen atoms in total. The molecule has 0 saturated heterocycles. The largest absolute Gasteiger partial charge is 0.467 e. The molecule has 0 bridgehead atoms. The smallest absolute Gasteiger partial charge is 0.270 e. The minimum Gasteiger partial charge on any atom is -0.467 e. The van der Waals surface area contributed by atoms with Gasteiger partial charge in [0.25, 0.3) is 5.69 Å². The van der Waals surface area contributed by atoms with E-state index in [-0.39, 0.29) is 30.9 Å². The number of rotatable bonds is 5. The van der Waals surface area contributed by atoms with Crippen LogP contribution in [0.3, 0.4) is 0 Å². The highest BCUT2D eigenvalue weighted by atomic mass is 16.7. The fourth-order valence-electron chi connectivity index (χ4n) is 2.91. The lowest BCUT2D eigenvalue weighted by Gasteiger charge is -2.19. The third kappa shape index (κ3) is 4.32. The number of anilines is 1. The Morgan fingerprint density at radius 2 is 2.07 bits per heavy atom. The summed E-state index contributed by atoms with van der Waals surface area (Å²) in [5, 5.41) is 14.0. The van der Waals surface area contributed by atoms with Crippen LogP contribution in [0.25, 0.3) is 6.08 Å². The van der Waals surface area contributed by atoms with Crippen molar-refractivity contribution in [2.75, 3.05) is 12.1 Å². The topological polar surface area (TPSA) is 90.7 Å². The molecule has 3 rings (SSSR count). The monoisotopic (exact) mass is 368 g/mol. The fourth-order valence-corrected chi connectivity index (χ4v) is 2.91. The second-order valence-corrected chi connectivity index (χ2v) is 6.46. The van der Waals surface area contributed by atoms with Gasteiger partial charge in [-0.1, -0.05) is 32.0 Å². The average molecular weight is 368 g/mol. The zero-order valence-electron chi connectivity index (χ0n) is 15.1. The Bertz CT molecular complexity index is 905. The van der Waals surface area contributed by atoms with E-state index in [1.165, 1.54) is 24.3 Å². The molecule has 0 fully saturated rings. The molecule has 0 aromatic heterocycles. The van der Waals surface area contributed by atoms with Crippen molar-refractivity contribution < 1.29 is 19.2 Å². The maximum Gasteiger partial charge on any atom is 0.270 e. The Labute approximate surface area is 156 Å². The van der Waals surface area contributed by atoms with Gasteiger partial charge in [-0.3, -0.25) is 14.9 Å². The molecular formula is C20H20N2O5. The molecule has 27 heavy (non-hydrogen) atoms. The first-order valence-electron chi connectivity index (χ1n) is 8.55. The molecule has 2 aromatic rings. The number of hydrogen-bond donors (Lipinski definition) is 1. The number of non-ortho nitro benzene ring substituents is 1. The number of fused-ring (bicyclic) bond motifs is 1. The van der Waals surface area contributed by atoms with Crippen molar-refractivity contribution in [1.82, 2.24) is 0 Å². The van der Waals surface area contributed by atoms with Crippen LogP contribution in [0.1, 0.15) is 36.5 Å². The summed E-state index contributed by atoms with van der Waals surface area (Å²) in [6.45, 7) is 4.40. The van der Waals surface area contributed by atoms with Gasteiger partial charge in [0.15, 0.2) is 6.79 Å². The van der Waals surface area contributed by atoms with Crippen LogP contribution >= 0.6 is 0 Å². The van der Waals surface area contributed by atoms with Crippen LogP contribution in [0.2, 0.25) is 0 Å². The molecule has 0 radical (unpaired) electrons. The number of benzene rings is 2. The number of hydrogen-bond acceptors (Lipinski definition) is 5. The van der Waals surface area contributed by atoms with E-state index in [1.54, 1.807) is 0 Å². The van der Waals surface area contributed by atoms with Gasteiger partial charge in [0.2, 0.25) is 5.91 Å². The lowest BCUT2D eigenvalue weighted by atomic mass is 10.0. The molecule has 1 aliphatic heterocycles. The first-order valence-corrected chi connectivity index (χ1v) is 8.55. The Balaban J connectivity index is 1.84. The van der Waals surface area contributed by atoms with E-state index in [1.807, 2.05) is 24.3 Å². The second kappa shape index (κ2) is 8.01. The number of nitro groups is 1. The van der Waals surface area contributed by atoms with Crippen molar-refractivity contribution in [1.29, 1.82) is 0 Å². The Kier molecular flexibility index (Phi) is 5.52. The molecule has 1 N–H and O–H groups in total. The van der Waals surface area contributed by atoms with Gasteiger partial charge in [0.05, 0.1) is 11.5 Å². The SMILES string of the molecule is CC(C)c1ccccc1NC(=O)C=Cc1cc([N+](=O)[O-])cc2c1OCOC2. The summed E-state index contributed by atoms with van der Waals surface area (Å²) in [6.07, 6.45) is 2.86. The van der Waals surface area contributed by atoms with Crippen molar-refractivity contribution in [3.63, 3.8) is 0 Å². The van der Waals surface area contributed by atoms with Crippen LogP contribution in [-0.4, -0.2) is 17.6 Å². The predicted molar refractivity (Wildman–Crippen MR) is 102 cm³/mol. The maximum atomic E-state index is 12.4. The summed E-state index contributed by atoms with van der Waals surface area (Å²) in [6, 6.07) is 10.4. The van der Waals surface area contributed by atoms with E-state index < -0.39 is 4.92 Å². The molecule has 140 valence electrons. The van der Waals surface area contributed by atoms with Gasteiger partial charge >= 0.3 is 0 Å². The van der Waals surface area contributed by atoms with Gasteiger partial charge in [-0.05, 0) is 23.6 Å². The second-order valence-electron chi connectivity index (χ2n) is 6.46. The summed E-state index contributed by atoms with van der Waals surface area (Å²) in [5.41, 5.74) is 2.75. The van der Waals surface area contributed by atoms with Crippen LogP contribution in [0.4, 0.5) is 11.4 Å². The number of carbonyl (C=O) groups excluding carboxylic acids is 1. The summed E-state index contributed by atoms with van der Waals surface area (Å²) in [7, 11) is 0. The maximum absolute atomic E-state index is 12.4. The molecule has 2 aromatic carbocycles. The molecular weight excluding hydrogens is 348 g/mol. The molecule has 7 heteroatoms. The van der Waals surface area contributed by atoms with Gasteiger partial charge < -0.3 is 14.8 Å². The van der Waals surface area contributed by atoms with Gasteiger partial charge in [0, 0.05) is 35.0 Å². The Hall–Kier alpha value is -3.19. The Morgan fingerprint density at radius 1 is 1.30 bits per heavy atom. The lowest BCUT2D eigenvalue weighted by Crippen LogP contribution is -2.13. The van der Waals surface area contributed by atoms with E-state index in [2.05, 4.69) is 19.2 Å². The fraction of sp³-hybridized carbons (Fsp3) is 0.250. The minimum absolute atomic E-state index is 0.0691. The van der Waals surface area contributed by atoms with E-state index in [0.29, 0.717) is 16.9 Å². The van der Waals surface area contributed by atoms with E-state index >= 15 is 0 Å². The van der Waals surface area contributed by atoms with Gasteiger partial charge in [-0.25, -0.2) is 0 Å². The van der Waals surface area contributed by atoms with Gasteiger partial charge in [0.1, 0.15) is 5.75 Å². The highest BCUT2D eigenvalue weighted by molar-refractivity contribution is 6.02. The van der Waals surface area contributed by atoms with Gasteiger partial charge in [-0.2, -0.15) is 0 Å². The van der Waals surface area contributed by atoms with Crippen molar-refractivity contribution in [2.45, 2.75) is 26.4 Å². The number of nitrogens with zero attached hydrogens (tertiary/aromatic N) is 1. The summed E-state index contributed by atoms with van der Waals surface area (Å²) in [4.78, 5) is 23.0. The van der Waals surface area contributed by atoms with Crippen LogP contribution in [0.5, 0.6) is 5.75 Å². The van der Waals surface area contributed by atoms with Crippen molar-refractivity contribution in [2.24, 2.45) is 0 Å². The third-order valence-corrected chi connectivity index (χ3v) is 4.19. The van der Waals surface area contributed by atoms with Crippen LogP contribution in [0, 0.1) is 10.1 Å². The average Bonchev–Trinajstić information content (AvgIpc) is 2.66. The van der Waals surface area contributed by atoms with E-state index in [4.69, 9.17) is 9.47 Å². The molecule has 0 saturated carbocycles.